The van der Waals surface area contributed by atoms with Gasteiger partial charge in [-0.2, -0.15) is 0 Å². The minimum absolute atomic E-state index is 0.0114. The molecular weight excluding hydrogens is 281 g/mol. The van der Waals surface area contributed by atoms with Crippen molar-refractivity contribution >= 4 is 44.3 Å². The van der Waals surface area contributed by atoms with Gasteiger partial charge < -0.3 is 5.11 Å². The van der Waals surface area contributed by atoms with Crippen LogP contribution >= 0.6 is 27.5 Å². The van der Waals surface area contributed by atoms with E-state index in [1.807, 2.05) is 0 Å². The van der Waals surface area contributed by atoms with Crippen molar-refractivity contribution in [1.82, 2.24) is 4.98 Å². The maximum atomic E-state index is 11.0. The molecule has 5 heteroatoms. The number of rotatable bonds is 1. The van der Waals surface area contributed by atoms with Gasteiger partial charge in [-0.15, -0.1) is 0 Å². The van der Waals surface area contributed by atoms with E-state index in [1.54, 1.807) is 24.4 Å². The molecular formula is C10H5BrClNO2. The van der Waals surface area contributed by atoms with Gasteiger partial charge in [0.15, 0.2) is 0 Å². The van der Waals surface area contributed by atoms with Crippen molar-refractivity contribution in [3.8, 4) is 0 Å². The van der Waals surface area contributed by atoms with E-state index in [0.29, 0.717) is 5.39 Å². The number of nitrogens with zero attached hydrogens (tertiary/aromatic N) is 1. The molecule has 15 heavy (non-hydrogen) atoms. The third-order valence-corrected chi connectivity index (χ3v) is 2.80. The number of benzene rings is 1. The number of aromatic carboxylic acids is 1. The predicted molar refractivity (Wildman–Crippen MR) is 61.4 cm³/mol. The summed E-state index contributed by atoms with van der Waals surface area (Å²) in [4.78, 5) is 14.8. The number of pyridine rings is 1. The fraction of sp³-hybridized carbons (Fsp3) is 0. The first-order chi connectivity index (χ1) is 7.09. The molecule has 1 heterocycles. The van der Waals surface area contributed by atoms with Crippen LogP contribution in [0.3, 0.4) is 0 Å². The largest absolute Gasteiger partial charge is 0.478 e. The van der Waals surface area contributed by atoms with Gasteiger partial charge in [0.1, 0.15) is 10.7 Å². The average Bonchev–Trinajstić information content (AvgIpc) is 2.17. The summed E-state index contributed by atoms with van der Waals surface area (Å²) < 4.78 is 0.871. The summed E-state index contributed by atoms with van der Waals surface area (Å²) in [6, 6.07) is 5.27. The monoisotopic (exact) mass is 285 g/mol. The zero-order valence-corrected chi connectivity index (χ0v) is 9.71. The summed E-state index contributed by atoms with van der Waals surface area (Å²) in [6.45, 7) is 0. The SMILES string of the molecule is O=C(O)c1c(Cl)ncc2cc(Br)ccc12. The van der Waals surface area contributed by atoms with Crippen molar-refractivity contribution in [2.24, 2.45) is 0 Å². The van der Waals surface area contributed by atoms with Crippen LogP contribution in [0.5, 0.6) is 0 Å². The highest BCUT2D eigenvalue weighted by Crippen LogP contribution is 2.26. The van der Waals surface area contributed by atoms with Crippen molar-refractivity contribution in [2.45, 2.75) is 0 Å². The molecule has 1 aromatic heterocycles. The molecule has 0 aliphatic carbocycles. The first kappa shape index (κ1) is 10.4. The van der Waals surface area contributed by atoms with Crippen LogP contribution in [-0.2, 0) is 0 Å². The van der Waals surface area contributed by atoms with Gasteiger partial charge in [-0.1, -0.05) is 33.6 Å². The molecule has 2 rings (SSSR count). The highest BCUT2D eigenvalue weighted by molar-refractivity contribution is 9.10. The molecule has 1 N–H and O–H groups in total. The zero-order valence-electron chi connectivity index (χ0n) is 7.37. The van der Waals surface area contributed by atoms with E-state index in [2.05, 4.69) is 20.9 Å². The number of hydrogen-bond donors (Lipinski definition) is 1. The van der Waals surface area contributed by atoms with Gasteiger partial charge in [0.2, 0.25) is 0 Å². The van der Waals surface area contributed by atoms with E-state index < -0.39 is 5.97 Å². The molecule has 0 saturated carbocycles. The highest BCUT2D eigenvalue weighted by Gasteiger charge is 2.14. The third-order valence-electron chi connectivity index (χ3n) is 2.02. The van der Waals surface area contributed by atoms with Crippen LogP contribution in [0.4, 0.5) is 0 Å². The summed E-state index contributed by atoms with van der Waals surface area (Å²) >= 11 is 9.04. The van der Waals surface area contributed by atoms with Gasteiger partial charge in [0, 0.05) is 21.4 Å². The Bertz CT molecular complexity index is 556. The van der Waals surface area contributed by atoms with Crippen molar-refractivity contribution in [3.05, 3.63) is 39.6 Å². The molecule has 2 aromatic rings. The predicted octanol–water partition coefficient (Wildman–Crippen LogP) is 3.35. The third kappa shape index (κ3) is 1.82. The highest BCUT2D eigenvalue weighted by atomic mass is 79.9. The van der Waals surface area contributed by atoms with E-state index in [4.69, 9.17) is 16.7 Å². The molecule has 0 unspecified atom stereocenters. The molecule has 0 atom stereocenters. The molecule has 0 bridgehead atoms. The van der Waals surface area contributed by atoms with Crippen molar-refractivity contribution < 1.29 is 9.90 Å². The second kappa shape index (κ2) is 3.79. The molecule has 3 nitrogen and oxygen atoms in total. The summed E-state index contributed by atoms with van der Waals surface area (Å²) in [5, 5.41) is 10.3. The van der Waals surface area contributed by atoms with Crippen molar-refractivity contribution in [1.29, 1.82) is 0 Å². The van der Waals surface area contributed by atoms with Crippen LogP contribution in [0.2, 0.25) is 5.15 Å². The first-order valence-corrected chi connectivity index (χ1v) is 5.24. The van der Waals surface area contributed by atoms with Gasteiger partial charge in [-0.25, -0.2) is 9.78 Å². The molecule has 0 spiro atoms. The van der Waals surface area contributed by atoms with Gasteiger partial charge in [-0.3, -0.25) is 0 Å². The summed E-state index contributed by atoms with van der Waals surface area (Å²) in [5.41, 5.74) is 0.0432. The Morgan fingerprint density at radius 3 is 2.87 bits per heavy atom. The lowest BCUT2D eigenvalue weighted by Crippen LogP contribution is -2.00. The van der Waals surface area contributed by atoms with Gasteiger partial charge in [0.05, 0.1) is 0 Å². The number of carboxylic acids is 1. The van der Waals surface area contributed by atoms with E-state index in [0.717, 1.165) is 9.86 Å². The number of fused-ring (bicyclic) bond motifs is 1. The summed E-state index contributed by atoms with van der Waals surface area (Å²) in [5.74, 6) is -1.07. The number of hydrogen-bond acceptors (Lipinski definition) is 2. The Morgan fingerprint density at radius 1 is 1.47 bits per heavy atom. The van der Waals surface area contributed by atoms with E-state index in [1.165, 1.54) is 0 Å². The quantitative estimate of drug-likeness (QED) is 0.818. The molecule has 0 aliphatic heterocycles. The second-order valence-corrected chi connectivity index (χ2v) is 4.23. The molecule has 0 fully saturated rings. The lowest BCUT2D eigenvalue weighted by molar-refractivity contribution is 0.0699. The maximum Gasteiger partial charge on any atom is 0.339 e. The van der Waals surface area contributed by atoms with Crippen LogP contribution < -0.4 is 0 Å². The fourth-order valence-electron chi connectivity index (χ4n) is 1.37. The fourth-order valence-corrected chi connectivity index (χ4v) is 1.98. The number of carboxylic acid groups (broad SMARTS) is 1. The Kier molecular flexibility index (Phi) is 2.63. The van der Waals surface area contributed by atoms with E-state index >= 15 is 0 Å². The number of aromatic nitrogens is 1. The average molecular weight is 287 g/mol. The molecule has 0 radical (unpaired) electrons. The van der Waals surface area contributed by atoms with Gasteiger partial charge in [-0.05, 0) is 12.1 Å². The van der Waals surface area contributed by atoms with E-state index in [-0.39, 0.29) is 10.7 Å². The first-order valence-electron chi connectivity index (χ1n) is 4.06. The van der Waals surface area contributed by atoms with Gasteiger partial charge >= 0.3 is 5.97 Å². The minimum Gasteiger partial charge on any atom is -0.478 e. The van der Waals surface area contributed by atoms with E-state index in [9.17, 15) is 4.79 Å². The maximum absolute atomic E-state index is 11.0. The van der Waals surface area contributed by atoms with Crippen LogP contribution in [0, 0.1) is 0 Å². The van der Waals surface area contributed by atoms with Crippen molar-refractivity contribution in [3.63, 3.8) is 0 Å². The zero-order chi connectivity index (χ0) is 11.0. The minimum atomic E-state index is -1.07. The van der Waals surface area contributed by atoms with Crippen LogP contribution in [0.25, 0.3) is 10.8 Å². The Hall–Kier alpha value is -1.13. The lowest BCUT2D eigenvalue weighted by Gasteiger charge is -2.04. The smallest absolute Gasteiger partial charge is 0.339 e. The Labute approximate surface area is 98.8 Å². The second-order valence-electron chi connectivity index (χ2n) is 2.96. The van der Waals surface area contributed by atoms with Gasteiger partial charge in [0.25, 0.3) is 0 Å². The topological polar surface area (TPSA) is 50.2 Å². The number of carbonyl (C=O) groups is 1. The lowest BCUT2D eigenvalue weighted by atomic mass is 10.1. The molecule has 0 amide bonds. The molecule has 76 valence electrons. The summed E-state index contributed by atoms with van der Waals surface area (Å²) in [7, 11) is 0. The normalized spacial score (nSPS) is 10.5. The standard InChI is InChI=1S/C10H5BrClNO2/c11-6-1-2-7-5(3-6)4-13-9(12)8(7)10(14)15/h1-4H,(H,14,15). The molecule has 0 saturated heterocycles. The Balaban J connectivity index is 2.88. The van der Waals surface area contributed by atoms with Crippen LogP contribution in [0.1, 0.15) is 10.4 Å². The van der Waals surface area contributed by atoms with Crippen LogP contribution in [0.15, 0.2) is 28.9 Å². The molecule has 0 aliphatic rings. The Morgan fingerprint density at radius 2 is 2.20 bits per heavy atom. The molecule has 1 aromatic carbocycles. The van der Waals surface area contributed by atoms with Crippen molar-refractivity contribution in [2.75, 3.05) is 0 Å². The number of halogens is 2. The summed E-state index contributed by atoms with van der Waals surface area (Å²) in [6.07, 6.45) is 1.55. The van der Waals surface area contributed by atoms with Crippen LogP contribution in [-0.4, -0.2) is 16.1 Å².